The van der Waals surface area contributed by atoms with Crippen LogP contribution in [0, 0.1) is 23.5 Å². The molecule has 34 heavy (non-hydrogen) atoms. The number of fused-ring (bicyclic) bond motifs is 1. The predicted molar refractivity (Wildman–Crippen MR) is 111 cm³/mol. The van der Waals surface area contributed by atoms with Crippen LogP contribution in [-0.2, 0) is 11.1 Å². The number of amides is 1. The second kappa shape index (κ2) is 7.12. The summed E-state index contributed by atoms with van der Waals surface area (Å²) >= 11 is 0. The lowest BCUT2D eigenvalue weighted by atomic mass is 9.78. The normalized spacial score (nSPS) is 20.7. The average Bonchev–Trinajstić information content (AvgIpc) is 3.26. The lowest BCUT2D eigenvalue weighted by Crippen LogP contribution is -2.56. The third-order valence-electron chi connectivity index (χ3n) is 6.47. The molecule has 1 saturated heterocycles. The zero-order valence-electron chi connectivity index (χ0n) is 17.4. The van der Waals surface area contributed by atoms with E-state index >= 15 is 8.78 Å². The SMILES string of the molecule is O=C1C(C2CC2)[C@H](c2c(F)cc(-c3ccn(C(F)(F)F)n3)cc2F)N1c1ccc2nc[nH]c2c1. The van der Waals surface area contributed by atoms with Crippen molar-refractivity contribution in [3.05, 3.63) is 66.1 Å². The summed E-state index contributed by atoms with van der Waals surface area (Å²) in [6, 6.07) is 7.18. The molecule has 1 saturated carbocycles. The molecule has 6 nitrogen and oxygen atoms in total. The van der Waals surface area contributed by atoms with Gasteiger partial charge >= 0.3 is 6.30 Å². The van der Waals surface area contributed by atoms with Gasteiger partial charge in [0, 0.05) is 23.0 Å². The third kappa shape index (κ3) is 3.17. The molecule has 2 fully saturated rings. The van der Waals surface area contributed by atoms with Crippen LogP contribution in [0.4, 0.5) is 27.6 Å². The number of β-lactam (4-membered cyclic amide) rings is 1. The van der Waals surface area contributed by atoms with Crippen molar-refractivity contribution >= 4 is 22.6 Å². The number of imidazole rings is 1. The van der Waals surface area contributed by atoms with Gasteiger partial charge in [-0.15, -0.1) is 13.2 Å². The zero-order chi connectivity index (χ0) is 23.8. The molecule has 1 aliphatic carbocycles. The smallest absolute Gasteiger partial charge is 0.345 e. The Kier molecular flexibility index (Phi) is 4.36. The van der Waals surface area contributed by atoms with Crippen LogP contribution in [0.3, 0.4) is 0 Å². The van der Waals surface area contributed by atoms with Crippen molar-refractivity contribution in [3.8, 4) is 11.3 Å². The summed E-state index contributed by atoms with van der Waals surface area (Å²) in [5, 5.41) is 3.38. The molecule has 2 aliphatic rings. The van der Waals surface area contributed by atoms with Crippen molar-refractivity contribution in [1.82, 2.24) is 19.7 Å². The number of aromatic nitrogens is 4. The van der Waals surface area contributed by atoms with E-state index in [1.54, 1.807) is 18.2 Å². The van der Waals surface area contributed by atoms with Crippen LogP contribution in [0.1, 0.15) is 24.4 Å². The Morgan fingerprint density at radius 3 is 2.41 bits per heavy atom. The molecule has 174 valence electrons. The molecule has 2 atom stereocenters. The van der Waals surface area contributed by atoms with Gasteiger partial charge in [0.1, 0.15) is 11.6 Å². The van der Waals surface area contributed by atoms with E-state index < -0.39 is 29.9 Å². The molecule has 2 aromatic carbocycles. The van der Waals surface area contributed by atoms with Crippen molar-refractivity contribution in [2.75, 3.05) is 4.90 Å². The number of benzene rings is 2. The summed E-state index contributed by atoms with van der Waals surface area (Å²) < 4.78 is 69.0. The molecule has 0 radical (unpaired) electrons. The number of H-pyrrole nitrogens is 1. The molecule has 1 N–H and O–H groups in total. The minimum Gasteiger partial charge on any atom is -0.345 e. The van der Waals surface area contributed by atoms with Gasteiger partial charge in [-0.2, -0.15) is 9.78 Å². The van der Waals surface area contributed by atoms with E-state index in [9.17, 15) is 18.0 Å². The summed E-state index contributed by atoms with van der Waals surface area (Å²) in [4.78, 5) is 21.5. The monoisotopic (exact) mass is 473 g/mol. The van der Waals surface area contributed by atoms with Crippen LogP contribution in [0.15, 0.2) is 48.9 Å². The van der Waals surface area contributed by atoms with Crippen molar-refractivity contribution in [2.24, 2.45) is 11.8 Å². The number of halogens is 5. The number of carbonyl (C=O) groups excluding carboxylic acids is 1. The van der Waals surface area contributed by atoms with Crippen molar-refractivity contribution < 1.29 is 26.7 Å². The van der Waals surface area contributed by atoms with E-state index in [-0.39, 0.29) is 33.3 Å². The maximum Gasteiger partial charge on any atom is 0.504 e. The number of nitrogens with one attached hydrogen (secondary N) is 1. The number of alkyl halides is 3. The number of anilines is 1. The van der Waals surface area contributed by atoms with E-state index in [1.807, 2.05) is 0 Å². The van der Waals surface area contributed by atoms with Crippen LogP contribution in [0.25, 0.3) is 22.3 Å². The first-order chi connectivity index (χ1) is 16.2. The molecule has 1 aliphatic heterocycles. The first-order valence-electron chi connectivity index (χ1n) is 10.6. The van der Waals surface area contributed by atoms with Crippen molar-refractivity contribution in [3.63, 3.8) is 0 Å². The lowest BCUT2D eigenvalue weighted by Gasteiger charge is -2.48. The summed E-state index contributed by atoms with van der Waals surface area (Å²) in [5.41, 5.74) is 1.23. The fourth-order valence-electron chi connectivity index (χ4n) is 4.73. The Morgan fingerprint density at radius 2 is 1.76 bits per heavy atom. The van der Waals surface area contributed by atoms with Gasteiger partial charge in [-0.05, 0) is 55.2 Å². The van der Waals surface area contributed by atoms with Gasteiger partial charge in [0.05, 0.1) is 35.0 Å². The number of aromatic amines is 1. The summed E-state index contributed by atoms with van der Waals surface area (Å²) in [6.45, 7) is 0. The number of rotatable bonds is 4. The van der Waals surface area contributed by atoms with E-state index in [2.05, 4.69) is 15.1 Å². The standard InChI is InChI=1S/C23H16F5N5O/c24-14-7-12(16-5-6-32(31-16)23(26,27)28)8-15(25)20(14)21-19(11-1-2-11)22(34)33(21)13-3-4-17-18(9-13)30-10-29-17/h3-11,19,21H,1-2H2,(H,29,30)/t19?,21-/m1/s1. The quantitative estimate of drug-likeness (QED) is 0.323. The van der Waals surface area contributed by atoms with Gasteiger partial charge in [0.15, 0.2) is 0 Å². The Morgan fingerprint density at radius 1 is 1.03 bits per heavy atom. The molecule has 1 amide bonds. The summed E-state index contributed by atoms with van der Waals surface area (Å²) in [5.74, 6) is -2.60. The summed E-state index contributed by atoms with van der Waals surface area (Å²) in [7, 11) is 0. The lowest BCUT2D eigenvalue weighted by molar-refractivity contribution is -0.212. The topological polar surface area (TPSA) is 66.8 Å². The van der Waals surface area contributed by atoms with E-state index in [0.29, 0.717) is 22.9 Å². The van der Waals surface area contributed by atoms with Crippen LogP contribution >= 0.6 is 0 Å². The van der Waals surface area contributed by atoms with Crippen LogP contribution in [0.2, 0.25) is 0 Å². The highest BCUT2D eigenvalue weighted by Crippen LogP contribution is 2.55. The van der Waals surface area contributed by atoms with E-state index in [1.165, 1.54) is 11.2 Å². The first-order valence-corrected chi connectivity index (χ1v) is 10.6. The number of carbonyl (C=O) groups is 1. The second-order valence-corrected chi connectivity index (χ2v) is 8.59. The van der Waals surface area contributed by atoms with Crippen LogP contribution in [0.5, 0.6) is 0 Å². The molecule has 0 spiro atoms. The van der Waals surface area contributed by atoms with Gasteiger partial charge in [-0.3, -0.25) is 4.79 Å². The van der Waals surface area contributed by atoms with Gasteiger partial charge in [0.25, 0.3) is 0 Å². The second-order valence-electron chi connectivity index (χ2n) is 8.59. The van der Waals surface area contributed by atoms with Crippen molar-refractivity contribution in [1.29, 1.82) is 0 Å². The van der Waals surface area contributed by atoms with Gasteiger partial charge in [0.2, 0.25) is 5.91 Å². The highest BCUT2D eigenvalue weighted by atomic mass is 19.4. The molecule has 4 aromatic rings. The van der Waals surface area contributed by atoms with E-state index in [4.69, 9.17) is 0 Å². The Hall–Kier alpha value is -3.76. The van der Waals surface area contributed by atoms with Gasteiger partial charge < -0.3 is 9.88 Å². The molecule has 3 heterocycles. The first kappa shape index (κ1) is 20.8. The summed E-state index contributed by atoms with van der Waals surface area (Å²) in [6.07, 6.45) is -0.947. The highest BCUT2D eigenvalue weighted by Gasteiger charge is 2.56. The maximum atomic E-state index is 15.3. The Balaban J connectivity index is 1.41. The fourth-order valence-corrected chi connectivity index (χ4v) is 4.73. The Bertz CT molecular complexity index is 1410. The molecule has 1 unspecified atom stereocenters. The highest BCUT2D eigenvalue weighted by molar-refractivity contribution is 6.04. The minimum absolute atomic E-state index is 0.0468. The van der Waals surface area contributed by atoms with Gasteiger partial charge in [-0.25, -0.2) is 13.8 Å². The molecule has 11 heteroatoms. The molecule has 6 rings (SSSR count). The number of nitrogens with zero attached hydrogens (tertiary/aromatic N) is 4. The van der Waals surface area contributed by atoms with Gasteiger partial charge in [-0.1, -0.05) is 0 Å². The largest absolute Gasteiger partial charge is 0.504 e. The van der Waals surface area contributed by atoms with Crippen LogP contribution in [-0.4, -0.2) is 25.7 Å². The molecular weight excluding hydrogens is 457 g/mol. The number of hydrogen-bond acceptors (Lipinski definition) is 3. The predicted octanol–water partition coefficient (Wildman–Crippen LogP) is 5.30. The Labute approximate surface area is 189 Å². The molecule has 0 bridgehead atoms. The third-order valence-corrected chi connectivity index (χ3v) is 6.47. The molecule has 2 aromatic heterocycles. The van der Waals surface area contributed by atoms with E-state index in [0.717, 1.165) is 31.0 Å². The zero-order valence-corrected chi connectivity index (χ0v) is 17.4. The minimum atomic E-state index is -4.74. The van der Waals surface area contributed by atoms with Crippen LogP contribution < -0.4 is 4.90 Å². The number of hydrogen-bond donors (Lipinski definition) is 1. The average molecular weight is 473 g/mol. The fraction of sp³-hybridized carbons (Fsp3) is 0.261. The molecular formula is C23H16F5N5O. The van der Waals surface area contributed by atoms with Crippen molar-refractivity contribution in [2.45, 2.75) is 25.2 Å². The maximum absolute atomic E-state index is 15.3.